The highest BCUT2D eigenvalue weighted by Gasteiger charge is 2.29. The van der Waals surface area contributed by atoms with E-state index < -0.39 is 11.5 Å². The van der Waals surface area contributed by atoms with Crippen LogP contribution in [0.25, 0.3) is 0 Å². The Morgan fingerprint density at radius 3 is 2.12 bits per heavy atom. The Balaban J connectivity index is 1.59. The Hall–Kier alpha value is -4.07. The summed E-state index contributed by atoms with van der Waals surface area (Å²) in [6.45, 7) is 0. The zero-order valence-corrected chi connectivity index (χ0v) is 18.6. The van der Waals surface area contributed by atoms with E-state index in [9.17, 15) is 14.4 Å². The van der Waals surface area contributed by atoms with Crippen molar-refractivity contribution in [1.82, 2.24) is 4.98 Å². The Labute approximate surface area is 190 Å². The lowest BCUT2D eigenvalue weighted by atomic mass is 9.81. The number of carbonyl (C=O) groups excluding carboxylic acids is 2. The van der Waals surface area contributed by atoms with Crippen LogP contribution in [-0.4, -0.2) is 38.0 Å². The summed E-state index contributed by atoms with van der Waals surface area (Å²) in [5.41, 5.74) is 1.61. The third kappa shape index (κ3) is 4.59. The molecule has 8 heteroatoms. The molecule has 0 spiro atoms. The standard InChI is InChI=1S/C25H24N2O6/c1-31-17-6-4-14(5-7-17)15-8-22-20(23(28)9-15)13-21(25(30)27-22)24(29)26-16-10-18(32-2)12-19(11-16)33-3/h4-7,10-13,15H,8-9H2,1-3H3,(H,26,29)(H,27,30)/t15-/m1/s1. The summed E-state index contributed by atoms with van der Waals surface area (Å²) in [5, 5.41) is 2.67. The van der Waals surface area contributed by atoms with E-state index in [0.29, 0.717) is 41.3 Å². The number of nitrogens with one attached hydrogen (secondary N) is 2. The number of carbonyl (C=O) groups is 2. The molecule has 1 aromatic heterocycles. The van der Waals surface area contributed by atoms with Crippen LogP contribution >= 0.6 is 0 Å². The van der Waals surface area contributed by atoms with Crippen molar-refractivity contribution in [3.05, 3.63) is 81.3 Å². The smallest absolute Gasteiger partial charge is 0.261 e. The fraction of sp³-hybridized carbons (Fsp3) is 0.240. The van der Waals surface area contributed by atoms with Gasteiger partial charge in [-0.1, -0.05) is 12.1 Å². The van der Waals surface area contributed by atoms with E-state index in [0.717, 1.165) is 11.3 Å². The molecular formula is C25H24N2O6. The number of amides is 1. The van der Waals surface area contributed by atoms with E-state index in [-0.39, 0.29) is 17.3 Å². The molecular weight excluding hydrogens is 424 g/mol. The van der Waals surface area contributed by atoms with Gasteiger partial charge < -0.3 is 24.5 Å². The predicted octanol–water partition coefficient (Wildman–Crippen LogP) is 3.57. The second-order valence-electron chi connectivity index (χ2n) is 7.76. The third-order valence-electron chi connectivity index (χ3n) is 5.75. The molecule has 0 saturated carbocycles. The van der Waals surface area contributed by atoms with Crippen LogP contribution in [0.3, 0.4) is 0 Å². The largest absolute Gasteiger partial charge is 0.497 e. The topological polar surface area (TPSA) is 107 Å². The molecule has 1 heterocycles. The van der Waals surface area contributed by atoms with Gasteiger partial charge in [-0.05, 0) is 36.1 Å². The molecule has 1 amide bonds. The van der Waals surface area contributed by atoms with Crippen molar-refractivity contribution in [1.29, 1.82) is 0 Å². The summed E-state index contributed by atoms with van der Waals surface area (Å²) in [5.74, 6) is 0.909. The van der Waals surface area contributed by atoms with Gasteiger partial charge in [-0.3, -0.25) is 14.4 Å². The molecule has 0 radical (unpaired) electrons. The highest BCUT2D eigenvalue weighted by Crippen LogP contribution is 2.32. The summed E-state index contributed by atoms with van der Waals surface area (Å²) in [6, 6.07) is 13.8. The van der Waals surface area contributed by atoms with Crippen molar-refractivity contribution in [2.45, 2.75) is 18.8 Å². The molecule has 2 N–H and O–H groups in total. The van der Waals surface area contributed by atoms with Gasteiger partial charge in [-0.15, -0.1) is 0 Å². The Kier molecular flexibility index (Phi) is 6.17. The fourth-order valence-electron chi connectivity index (χ4n) is 3.99. The van der Waals surface area contributed by atoms with Gasteiger partial charge in [0.15, 0.2) is 5.78 Å². The molecule has 0 unspecified atom stereocenters. The molecule has 1 atom stereocenters. The molecule has 1 aliphatic carbocycles. The number of aromatic nitrogens is 1. The summed E-state index contributed by atoms with van der Waals surface area (Å²) < 4.78 is 15.6. The number of pyridine rings is 1. The SMILES string of the molecule is COc1ccc([C@H]2CC(=O)c3cc(C(=O)Nc4cc(OC)cc(OC)c4)c(=O)[nH]c3C2)cc1. The molecule has 1 aliphatic rings. The monoisotopic (exact) mass is 448 g/mol. The molecule has 33 heavy (non-hydrogen) atoms. The van der Waals surface area contributed by atoms with Gasteiger partial charge in [-0.25, -0.2) is 0 Å². The first kappa shape index (κ1) is 22.1. The summed E-state index contributed by atoms with van der Waals surface area (Å²) in [6.07, 6.45) is 0.789. The molecule has 0 fully saturated rings. The number of fused-ring (bicyclic) bond motifs is 1. The molecule has 8 nitrogen and oxygen atoms in total. The lowest BCUT2D eigenvalue weighted by Crippen LogP contribution is -2.29. The first-order chi connectivity index (χ1) is 15.9. The minimum Gasteiger partial charge on any atom is -0.497 e. The van der Waals surface area contributed by atoms with E-state index in [1.54, 1.807) is 25.3 Å². The van der Waals surface area contributed by atoms with Crippen molar-refractivity contribution >= 4 is 17.4 Å². The number of H-pyrrole nitrogens is 1. The third-order valence-corrected chi connectivity index (χ3v) is 5.75. The number of rotatable bonds is 6. The van der Waals surface area contributed by atoms with E-state index >= 15 is 0 Å². The number of methoxy groups -OCH3 is 3. The van der Waals surface area contributed by atoms with Gasteiger partial charge in [0, 0.05) is 41.6 Å². The molecule has 2 aromatic carbocycles. The normalized spacial score (nSPS) is 14.9. The van der Waals surface area contributed by atoms with Crippen LogP contribution in [0.5, 0.6) is 17.2 Å². The van der Waals surface area contributed by atoms with E-state index in [2.05, 4.69) is 10.3 Å². The highest BCUT2D eigenvalue weighted by molar-refractivity contribution is 6.07. The zero-order chi connectivity index (χ0) is 23.5. The minimum atomic E-state index is -0.626. The maximum Gasteiger partial charge on any atom is 0.261 e. The molecule has 170 valence electrons. The maximum absolute atomic E-state index is 12.9. The van der Waals surface area contributed by atoms with Crippen molar-refractivity contribution in [3.63, 3.8) is 0 Å². The van der Waals surface area contributed by atoms with Gasteiger partial charge in [0.2, 0.25) is 0 Å². The maximum atomic E-state index is 12.9. The van der Waals surface area contributed by atoms with Crippen LogP contribution in [0, 0.1) is 0 Å². The van der Waals surface area contributed by atoms with Gasteiger partial charge in [0.1, 0.15) is 22.8 Å². The number of benzene rings is 2. The quantitative estimate of drug-likeness (QED) is 0.597. The van der Waals surface area contributed by atoms with Crippen LogP contribution in [-0.2, 0) is 6.42 Å². The van der Waals surface area contributed by atoms with Crippen molar-refractivity contribution in [3.8, 4) is 17.2 Å². The predicted molar refractivity (Wildman–Crippen MR) is 123 cm³/mol. The number of Topliss-reactive ketones (excluding diaryl/α,β-unsaturated/α-hetero) is 1. The van der Waals surface area contributed by atoms with Gasteiger partial charge in [-0.2, -0.15) is 0 Å². The number of ketones is 1. The van der Waals surface area contributed by atoms with E-state index in [4.69, 9.17) is 14.2 Å². The van der Waals surface area contributed by atoms with E-state index in [1.165, 1.54) is 20.3 Å². The molecule has 0 saturated heterocycles. The Morgan fingerprint density at radius 2 is 1.52 bits per heavy atom. The number of aromatic amines is 1. The average molecular weight is 448 g/mol. The van der Waals surface area contributed by atoms with Crippen molar-refractivity contribution < 1.29 is 23.8 Å². The summed E-state index contributed by atoms with van der Waals surface area (Å²) in [4.78, 5) is 41.2. The number of anilines is 1. The minimum absolute atomic E-state index is 0.0597. The average Bonchev–Trinajstić information content (AvgIpc) is 2.83. The van der Waals surface area contributed by atoms with Gasteiger partial charge in [0.05, 0.1) is 21.3 Å². The second-order valence-corrected chi connectivity index (χ2v) is 7.76. The van der Waals surface area contributed by atoms with Gasteiger partial charge in [0.25, 0.3) is 11.5 Å². The van der Waals surface area contributed by atoms with Crippen molar-refractivity contribution in [2.24, 2.45) is 0 Å². The van der Waals surface area contributed by atoms with Crippen LogP contribution < -0.4 is 25.1 Å². The van der Waals surface area contributed by atoms with Crippen molar-refractivity contribution in [2.75, 3.05) is 26.6 Å². The lowest BCUT2D eigenvalue weighted by molar-refractivity contribution is 0.0963. The Bertz CT molecular complexity index is 1240. The molecule has 0 bridgehead atoms. The van der Waals surface area contributed by atoms with Crippen LogP contribution in [0.2, 0.25) is 0 Å². The molecule has 3 aromatic rings. The summed E-state index contributed by atoms with van der Waals surface area (Å²) >= 11 is 0. The Morgan fingerprint density at radius 1 is 0.879 bits per heavy atom. The number of ether oxygens (including phenoxy) is 3. The lowest BCUT2D eigenvalue weighted by Gasteiger charge is -2.24. The van der Waals surface area contributed by atoms with E-state index in [1.807, 2.05) is 24.3 Å². The fourth-order valence-corrected chi connectivity index (χ4v) is 3.99. The second kappa shape index (κ2) is 9.20. The zero-order valence-electron chi connectivity index (χ0n) is 18.6. The highest BCUT2D eigenvalue weighted by atomic mass is 16.5. The number of hydrogen-bond donors (Lipinski definition) is 2. The molecule has 4 rings (SSSR count). The molecule has 0 aliphatic heterocycles. The first-order valence-corrected chi connectivity index (χ1v) is 10.4. The van der Waals surface area contributed by atoms with Crippen LogP contribution in [0.4, 0.5) is 5.69 Å². The first-order valence-electron chi connectivity index (χ1n) is 10.4. The summed E-state index contributed by atoms with van der Waals surface area (Å²) in [7, 11) is 4.59. The van der Waals surface area contributed by atoms with Crippen LogP contribution in [0.1, 0.15) is 44.3 Å². The number of hydrogen-bond acceptors (Lipinski definition) is 6. The van der Waals surface area contributed by atoms with Gasteiger partial charge >= 0.3 is 0 Å². The van der Waals surface area contributed by atoms with Crippen LogP contribution in [0.15, 0.2) is 53.3 Å².